The Morgan fingerprint density at radius 2 is 2.25 bits per heavy atom. The molecule has 0 aliphatic carbocycles. The first kappa shape index (κ1) is 15.5. The van der Waals surface area contributed by atoms with Gasteiger partial charge in [0.25, 0.3) is 5.91 Å². The van der Waals surface area contributed by atoms with Gasteiger partial charge in [-0.1, -0.05) is 6.07 Å². The number of hydrogen-bond donors (Lipinski definition) is 1. The zero-order valence-electron chi connectivity index (χ0n) is 12.4. The summed E-state index contributed by atoms with van der Waals surface area (Å²) < 4.78 is 0.866. The van der Waals surface area contributed by atoms with E-state index < -0.39 is 0 Å². The zero-order chi connectivity index (χ0) is 14.7. The van der Waals surface area contributed by atoms with Crippen molar-refractivity contribution in [2.24, 2.45) is 5.92 Å². The first-order valence-corrected chi connectivity index (χ1v) is 8.05. The number of nitrogens with one attached hydrogen (secondary N) is 1. The minimum Gasteiger partial charge on any atom is -0.352 e. The molecule has 0 spiro atoms. The number of nitrogens with zero attached hydrogens (tertiary/aromatic N) is 1. The maximum atomic E-state index is 12.2. The number of carbonyl (C=O) groups excluding carboxylic acids is 1. The Kier molecular flexibility index (Phi) is 5.22. The highest BCUT2D eigenvalue weighted by Gasteiger charge is 2.24. The predicted molar refractivity (Wildman–Crippen MR) is 86.0 cm³/mol. The molecule has 4 heteroatoms. The number of rotatable bonds is 4. The number of halogens is 1. The summed E-state index contributed by atoms with van der Waals surface area (Å²) >= 11 is 3.46. The van der Waals surface area contributed by atoms with E-state index >= 15 is 0 Å². The van der Waals surface area contributed by atoms with Gasteiger partial charge < -0.3 is 10.2 Å². The SMILES string of the molecule is Cc1ccc(C(=O)NCC2CCN(C(C)C)C2)c(Br)c1. The first-order valence-electron chi connectivity index (χ1n) is 7.25. The number of likely N-dealkylation sites (tertiary alicyclic amines) is 1. The van der Waals surface area contributed by atoms with E-state index in [0.717, 1.165) is 29.7 Å². The van der Waals surface area contributed by atoms with Crippen molar-refractivity contribution in [2.45, 2.75) is 33.2 Å². The highest BCUT2D eigenvalue weighted by atomic mass is 79.9. The minimum absolute atomic E-state index is 0.0138. The van der Waals surface area contributed by atoms with Gasteiger partial charge >= 0.3 is 0 Å². The summed E-state index contributed by atoms with van der Waals surface area (Å²) in [6.07, 6.45) is 1.17. The summed E-state index contributed by atoms with van der Waals surface area (Å²) in [6.45, 7) is 9.47. The van der Waals surface area contributed by atoms with Crippen LogP contribution in [-0.2, 0) is 0 Å². The molecular formula is C16H23BrN2O. The molecule has 20 heavy (non-hydrogen) atoms. The predicted octanol–water partition coefficient (Wildman–Crippen LogP) is 3.22. The number of hydrogen-bond acceptors (Lipinski definition) is 2. The van der Waals surface area contributed by atoms with Crippen LogP contribution in [0.25, 0.3) is 0 Å². The molecule has 1 aliphatic rings. The molecule has 0 bridgehead atoms. The standard InChI is InChI=1S/C16H23BrN2O/c1-11(2)19-7-6-13(10-19)9-18-16(20)14-5-4-12(3)8-15(14)17/h4-5,8,11,13H,6-7,9-10H2,1-3H3,(H,18,20). The summed E-state index contributed by atoms with van der Waals surface area (Å²) in [7, 11) is 0. The molecule has 0 aromatic heterocycles. The third kappa shape index (κ3) is 3.83. The lowest BCUT2D eigenvalue weighted by Gasteiger charge is -2.20. The molecule has 1 fully saturated rings. The Hall–Kier alpha value is -0.870. The number of carbonyl (C=O) groups is 1. The summed E-state index contributed by atoms with van der Waals surface area (Å²) in [4.78, 5) is 14.7. The van der Waals surface area contributed by atoms with E-state index in [1.54, 1.807) is 0 Å². The molecule has 1 unspecified atom stereocenters. The summed E-state index contributed by atoms with van der Waals surface area (Å²) in [5.41, 5.74) is 1.87. The van der Waals surface area contributed by atoms with Gasteiger partial charge in [0.05, 0.1) is 5.56 Å². The monoisotopic (exact) mass is 338 g/mol. The fourth-order valence-corrected chi connectivity index (χ4v) is 3.31. The molecule has 1 aromatic carbocycles. The normalized spacial score (nSPS) is 19.6. The molecule has 0 radical (unpaired) electrons. The lowest BCUT2D eigenvalue weighted by molar-refractivity contribution is 0.0946. The molecule has 110 valence electrons. The molecule has 1 aliphatic heterocycles. The molecular weight excluding hydrogens is 316 g/mol. The van der Waals surface area contributed by atoms with E-state index in [-0.39, 0.29) is 5.91 Å². The first-order chi connectivity index (χ1) is 9.47. The van der Waals surface area contributed by atoms with Crippen molar-refractivity contribution >= 4 is 21.8 Å². The number of benzene rings is 1. The van der Waals surface area contributed by atoms with Crippen LogP contribution in [0.1, 0.15) is 36.2 Å². The molecule has 1 amide bonds. The Bertz CT molecular complexity index is 487. The molecule has 1 saturated heterocycles. The van der Waals surface area contributed by atoms with E-state index in [9.17, 15) is 4.79 Å². The average Bonchev–Trinajstić information content (AvgIpc) is 2.85. The van der Waals surface area contributed by atoms with Crippen molar-refractivity contribution < 1.29 is 4.79 Å². The van der Waals surface area contributed by atoms with E-state index in [1.807, 2.05) is 25.1 Å². The van der Waals surface area contributed by atoms with Crippen LogP contribution >= 0.6 is 15.9 Å². The fraction of sp³-hybridized carbons (Fsp3) is 0.562. The molecule has 0 saturated carbocycles. The molecule has 1 atom stereocenters. The van der Waals surface area contributed by atoms with Crippen LogP contribution < -0.4 is 5.32 Å². The quantitative estimate of drug-likeness (QED) is 0.914. The highest BCUT2D eigenvalue weighted by molar-refractivity contribution is 9.10. The fourth-order valence-electron chi connectivity index (χ4n) is 2.63. The molecule has 2 rings (SSSR count). The maximum absolute atomic E-state index is 12.2. The summed E-state index contributed by atoms with van der Waals surface area (Å²) in [6, 6.07) is 6.42. The van der Waals surface area contributed by atoms with Gasteiger partial charge in [-0.05, 0) is 73.3 Å². The van der Waals surface area contributed by atoms with Gasteiger partial charge in [0.15, 0.2) is 0 Å². The second-order valence-corrected chi connectivity index (χ2v) is 6.79. The third-order valence-electron chi connectivity index (χ3n) is 3.97. The van der Waals surface area contributed by atoms with E-state index in [0.29, 0.717) is 17.5 Å². The highest BCUT2D eigenvalue weighted by Crippen LogP contribution is 2.20. The van der Waals surface area contributed by atoms with Gasteiger partial charge in [-0.25, -0.2) is 0 Å². The van der Waals surface area contributed by atoms with Gasteiger partial charge in [0, 0.05) is 23.6 Å². The second-order valence-electron chi connectivity index (χ2n) is 5.94. The maximum Gasteiger partial charge on any atom is 0.252 e. The van der Waals surface area contributed by atoms with Crippen LogP contribution in [-0.4, -0.2) is 36.5 Å². The molecule has 1 aromatic rings. The summed E-state index contributed by atoms with van der Waals surface area (Å²) in [5.74, 6) is 0.588. The van der Waals surface area contributed by atoms with E-state index in [2.05, 4.69) is 40.0 Å². The Morgan fingerprint density at radius 1 is 1.50 bits per heavy atom. The van der Waals surface area contributed by atoms with Gasteiger partial charge in [0.2, 0.25) is 0 Å². The lowest BCUT2D eigenvalue weighted by Crippen LogP contribution is -2.33. The van der Waals surface area contributed by atoms with Crippen molar-refractivity contribution in [1.82, 2.24) is 10.2 Å². The Morgan fingerprint density at radius 3 is 2.85 bits per heavy atom. The third-order valence-corrected chi connectivity index (χ3v) is 4.62. The van der Waals surface area contributed by atoms with E-state index in [4.69, 9.17) is 0 Å². The number of aryl methyl sites for hydroxylation is 1. The average molecular weight is 339 g/mol. The molecule has 1 heterocycles. The van der Waals surface area contributed by atoms with Gasteiger partial charge in [-0.2, -0.15) is 0 Å². The van der Waals surface area contributed by atoms with Crippen molar-refractivity contribution in [3.63, 3.8) is 0 Å². The van der Waals surface area contributed by atoms with Crippen LogP contribution in [0.4, 0.5) is 0 Å². The van der Waals surface area contributed by atoms with Gasteiger partial charge in [-0.15, -0.1) is 0 Å². The van der Waals surface area contributed by atoms with Crippen LogP contribution in [0.5, 0.6) is 0 Å². The topological polar surface area (TPSA) is 32.3 Å². The van der Waals surface area contributed by atoms with E-state index in [1.165, 1.54) is 6.42 Å². The van der Waals surface area contributed by atoms with Crippen molar-refractivity contribution in [3.8, 4) is 0 Å². The van der Waals surface area contributed by atoms with Crippen LogP contribution in [0.15, 0.2) is 22.7 Å². The zero-order valence-corrected chi connectivity index (χ0v) is 14.0. The van der Waals surface area contributed by atoms with Crippen molar-refractivity contribution in [2.75, 3.05) is 19.6 Å². The molecule has 1 N–H and O–H groups in total. The van der Waals surface area contributed by atoms with Crippen LogP contribution in [0.3, 0.4) is 0 Å². The number of amides is 1. The van der Waals surface area contributed by atoms with Crippen molar-refractivity contribution in [3.05, 3.63) is 33.8 Å². The Labute approximate surface area is 129 Å². The largest absolute Gasteiger partial charge is 0.352 e. The van der Waals surface area contributed by atoms with Crippen molar-refractivity contribution in [1.29, 1.82) is 0 Å². The Balaban J connectivity index is 1.87. The van der Waals surface area contributed by atoms with Gasteiger partial charge in [-0.3, -0.25) is 4.79 Å². The van der Waals surface area contributed by atoms with Crippen LogP contribution in [0.2, 0.25) is 0 Å². The van der Waals surface area contributed by atoms with Crippen LogP contribution in [0, 0.1) is 12.8 Å². The molecule has 3 nitrogen and oxygen atoms in total. The second kappa shape index (κ2) is 6.72. The minimum atomic E-state index is 0.0138. The smallest absolute Gasteiger partial charge is 0.252 e. The lowest BCUT2D eigenvalue weighted by atomic mass is 10.1. The summed E-state index contributed by atoms with van der Waals surface area (Å²) in [5, 5.41) is 3.07. The van der Waals surface area contributed by atoms with Gasteiger partial charge in [0.1, 0.15) is 0 Å².